The van der Waals surface area contributed by atoms with Crippen LogP contribution in [0.5, 0.6) is 5.75 Å². The second-order valence-electron chi connectivity index (χ2n) is 4.58. The standard InChI is InChI=1S/C16H14F2O3/c1-10(19)14-7-6-13(8-15(14)18)21-9-16(20)11-2-4-12(17)5-3-11/h2-8,16,20H,9H2,1H3. The fourth-order valence-electron chi connectivity index (χ4n) is 1.83. The molecule has 0 spiro atoms. The molecule has 2 rings (SSSR count). The van der Waals surface area contributed by atoms with Gasteiger partial charge in [-0.1, -0.05) is 12.1 Å². The number of ether oxygens (including phenoxy) is 1. The van der Waals surface area contributed by atoms with E-state index in [1.807, 2.05) is 0 Å². The lowest BCUT2D eigenvalue weighted by molar-refractivity contribution is 0.101. The molecule has 0 aromatic heterocycles. The predicted octanol–water partition coefficient (Wildman–Crippen LogP) is 3.28. The maximum absolute atomic E-state index is 13.6. The molecule has 2 aromatic rings. The Balaban J connectivity index is 2.01. The van der Waals surface area contributed by atoms with E-state index in [9.17, 15) is 18.7 Å². The number of halogens is 2. The summed E-state index contributed by atoms with van der Waals surface area (Å²) in [4.78, 5) is 11.1. The first-order valence-electron chi connectivity index (χ1n) is 6.34. The molecule has 0 aliphatic carbocycles. The third kappa shape index (κ3) is 3.86. The normalized spacial score (nSPS) is 12.0. The zero-order valence-electron chi connectivity index (χ0n) is 11.3. The molecule has 2 aromatic carbocycles. The van der Waals surface area contributed by atoms with E-state index in [0.717, 1.165) is 6.07 Å². The van der Waals surface area contributed by atoms with Gasteiger partial charge in [-0.3, -0.25) is 4.79 Å². The maximum atomic E-state index is 13.6. The number of hydrogen-bond acceptors (Lipinski definition) is 3. The van der Waals surface area contributed by atoms with Crippen LogP contribution in [0.2, 0.25) is 0 Å². The van der Waals surface area contributed by atoms with E-state index in [0.29, 0.717) is 5.56 Å². The second-order valence-corrected chi connectivity index (χ2v) is 4.58. The maximum Gasteiger partial charge on any atom is 0.162 e. The fraction of sp³-hybridized carbons (Fsp3) is 0.188. The van der Waals surface area contributed by atoms with Crippen molar-refractivity contribution in [3.63, 3.8) is 0 Å². The lowest BCUT2D eigenvalue weighted by atomic mass is 10.1. The van der Waals surface area contributed by atoms with Crippen LogP contribution in [-0.4, -0.2) is 17.5 Å². The van der Waals surface area contributed by atoms with Crippen molar-refractivity contribution >= 4 is 5.78 Å². The molecular formula is C16H14F2O3. The van der Waals surface area contributed by atoms with Crippen LogP contribution in [0.4, 0.5) is 8.78 Å². The molecule has 110 valence electrons. The molecule has 21 heavy (non-hydrogen) atoms. The minimum atomic E-state index is -0.957. The van der Waals surface area contributed by atoms with Crippen LogP contribution in [0.3, 0.4) is 0 Å². The van der Waals surface area contributed by atoms with Gasteiger partial charge in [-0.25, -0.2) is 8.78 Å². The van der Waals surface area contributed by atoms with Crippen LogP contribution >= 0.6 is 0 Å². The summed E-state index contributed by atoms with van der Waals surface area (Å²) in [5.74, 6) is -1.23. The van der Waals surface area contributed by atoms with E-state index in [1.165, 1.54) is 43.3 Å². The SMILES string of the molecule is CC(=O)c1ccc(OCC(O)c2ccc(F)cc2)cc1F. The summed E-state index contributed by atoms with van der Waals surface area (Å²) in [5.41, 5.74) is 0.485. The Morgan fingerprint density at radius 3 is 2.43 bits per heavy atom. The smallest absolute Gasteiger partial charge is 0.162 e. The van der Waals surface area contributed by atoms with Gasteiger partial charge in [0.2, 0.25) is 0 Å². The lowest BCUT2D eigenvalue weighted by Crippen LogP contribution is -2.10. The van der Waals surface area contributed by atoms with E-state index >= 15 is 0 Å². The topological polar surface area (TPSA) is 46.5 Å². The molecule has 0 radical (unpaired) electrons. The molecule has 1 N–H and O–H groups in total. The first-order chi connectivity index (χ1) is 9.97. The fourth-order valence-corrected chi connectivity index (χ4v) is 1.83. The molecule has 0 amide bonds. The Bertz CT molecular complexity index is 638. The first kappa shape index (κ1) is 15.1. The van der Waals surface area contributed by atoms with Crippen LogP contribution < -0.4 is 4.74 Å². The van der Waals surface area contributed by atoms with Crippen molar-refractivity contribution in [2.45, 2.75) is 13.0 Å². The Morgan fingerprint density at radius 2 is 1.86 bits per heavy atom. The third-order valence-electron chi connectivity index (χ3n) is 2.98. The quantitative estimate of drug-likeness (QED) is 0.860. The zero-order valence-corrected chi connectivity index (χ0v) is 11.3. The Kier molecular flexibility index (Phi) is 4.65. The number of rotatable bonds is 5. The third-order valence-corrected chi connectivity index (χ3v) is 2.98. The second kappa shape index (κ2) is 6.45. The van der Waals surface area contributed by atoms with Gasteiger partial charge in [-0.15, -0.1) is 0 Å². The van der Waals surface area contributed by atoms with Gasteiger partial charge in [0.05, 0.1) is 5.56 Å². The van der Waals surface area contributed by atoms with Crippen LogP contribution in [0.1, 0.15) is 28.9 Å². The summed E-state index contributed by atoms with van der Waals surface area (Å²) in [6, 6.07) is 9.24. The lowest BCUT2D eigenvalue weighted by Gasteiger charge is -2.13. The van der Waals surface area contributed by atoms with E-state index in [4.69, 9.17) is 4.74 Å². The van der Waals surface area contributed by atoms with Crippen LogP contribution in [0, 0.1) is 11.6 Å². The molecule has 0 saturated heterocycles. The summed E-state index contributed by atoms with van der Waals surface area (Å²) in [5, 5.41) is 9.89. The van der Waals surface area contributed by atoms with E-state index in [-0.39, 0.29) is 23.7 Å². The largest absolute Gasteiger partial charge is 0.490 e. The monoisotopic (exact) mass is 292 g/mol. The molecule has 5 heteroatoms. The molecule has 1 unspecified atom stereocenters. The van der Waals surface area contributed by atoms with E-state index in [2.05, 4.69) is 0 Å². The zero-order chi connectivity index (χ0) is 15.4. The molecule has 0 saturated carbocycles. The predicted molar refractivity (Wildman–Crippen MR) is 73.3 cm³/mol. The van der Waals surface area contributed by atoms with Gasteiger partial charge in [0, 0.05) is 6.07 Å². The van der Waals surface area contributed by atoms with Gasteiger partial charge in [-0.2, -0.15) is 0 Å². The molecule has 0 fully saturated rings. The summed E-state index contributed by atoms with van der Waals surface area (Å²) < 4.78 is 31.6. The number of benzene rings is 2. The van der Waals surface area contributed by atoms with Crippen molar-refractivity contribution in [1.82, 2.24) is 0 Å². The first-order valence-corrected chi connectivity index (χ1v) is 6.34. The highest BCUT2D eigenvalue weighted by Crippen LogP contribution is 2.20. The molecule has 0 bridgehead atoms. The van der Waals surface area contributed by atoms with Crippen LogP contribution in [-0.2, 0) is 0 Å². The van der Waals surface area contributed by atoms with Gasteiger partial charge in [0.1, 0.15) is 30.1 Å². The Labute approximate surface area is 120 Å². The highest BCUT2D eigenvalue weighted by Gasteiger charge is 2.11. The number of Topliss-reactive ketones (excluding diaryl/α,β-unsaturated/α-hetero) is 1. The average Bonchev–Trinajstić information content (AvgIpc) is 2.45. The summed E-state index contributed by atoms with van der Waals surface area (Å²) in [6.45, 7) is 1.17. The van der Waals surface area contributed by atoms with Crippen molar-refractivity contribution in [1.29, 1.82) is 0 Å². The van der Waals surface area contributed by atoms with Gasteiger partial charge in [0.25, 0.3) is 0 Å². The van der Waals surface area contributed by atoms with Crippen LogP contribution in [0.15, 0.2) is 42.5 Å². The van der Waals surface area contributed by atoms with Crippen molar-refractivity contribution in [3.05, 3.63) is 65.2 Å². The highest BCUT2D eigenvalue weighted by atomic mass is 19.1. The van der Waals surface area contributed by atoms with Gasteiger partial charge < -0.3 is 9.84 Å². The molecule has 1 atom stereocenters. The number of carbonyl (C=O) groups is 1. The number of hydrogen-bond donors (Lipinski definition) is 1. The molecular weight excluding hydrogens is 278 g/mol. The van der Waals surface area contributed by atoms with E-state index in [1.54, 1.807) is 0 Å². The highest BCUT2D eigenvalue weighted by molar-refractivity contribution is 5.94. The van der Waals surface area contributed by atoms with E-state index < -0.39 is 17.7 Å². The minimum Gasteiger partial charge on any atom is -0.490 e. The minimum absolute atomic E-state index is 0.0126. The molecule has 0 aliphatic heterocycles. The number of aliphatic hydroxyl groups is 1. The van der Waals surface area contributed by atoms with Crippen LogP contribution in [0.25, 0.3) is 0 Å². The molecule has 0 heterocycles. The van der Waals surface area contributed by atoms with Crippen molar-refractivity contribution < 1.29 is 23.4 Å². The summed E-state index contributed by atoms with van der Waals surface area (Å²) >= 11 is 0. The van der Waals surface area contributed by atoms with Crippen molar-refractivity contribution in [2.24, 2.45) is 0 Å². The van der Waals surface area contributed by atoms with Gasteiger partial charge in [0.15, 0.2) is 5.78 Å². The molecule has 3 nitrogen and oxygen atoms in total. The Hall–Kier alpha value is -2.27. The Morgan fingerprint density at radius 1 is 1.19 bits per heavy atom. The number of aliphatic hydroxyl groups excluding tert-OH is 1. The van der Waals surface area contributed by atoms with Crippen molar-refractivity contribution in [2.75, 3.05) is 6.61 Å². The van der Waals surface area contributed by atoms with Gasteiger partial charge in [-0.05, 0) is 36.8 Å². The molecule has 0 aliphatic rings. The van der Waals surface area contributed by atoms with Gasteiger partial charge >= 0.3 is 0 Å². The number of carbonyl (C=O) groups excluding carboxylic acids is 1. The summed E-state index contributed by atoms with van der Waals surface area (Å²) in [6.07, 6.45) is -0.957. The number of ketones is 1. The summed E-state index contributed by atoms with van der Waals surface area (Å²) in [7, 11) is 0. The van der Waals surface area contributed by atoms with Crippen molar-refractivity contribution in [3.8, 4) is 5.75 Å². The average molecular weight is 292 g/mol.